The topological polar surface area (TPSA) is 58.6 Å². The van der Waals surface area contributed by atoms with E-state index in [1.54, 1.807) is 37.4 Å². The van der Waals surface area contributed by atoms with Gasteiger partial charge in [-0.3, -0.25) is 9.59 Å². The van der Waals surface area contributed by atoms with Gasteiger partial charge in [0.1, 0.15) is 11.4 Å². The number of carbonyl (C=O) groups excluding carboxylic acids is 2. The number of rotatable bonds is 2. The Balaban J connectivity index is 1.91. The van der Waals surface area contributed by atoms with Crippen molar-refractivity contribution in [3.05, 3.63) is 53.6 Å². The first-order valence-electron chi connectivity index (χ1n) is 6.96. The molecule has 112 valence electrons. The summed E-state index contributed by atoms with van der Waals surface area (Å²) >= 11 is 0. The van der Waals surface area contributed by atoms with Gasteiger partial charge in [0.25, 0.3) is 11.8 Å². The third-order valence-corrected chi connectivity index (χ3v) is 3.62. The Kier molecular flexibility index (Phi) is 3.55. The van der Waals surface area contributed by atoms with Gasteiger partial charge in [-0.25, -0.2) is 0 Å². The van der Waals surface area contributed by atoms with Crippen molar-refractivity contribution in [2.75, 3.05) is 23.9 Å². The van der Waals surface area contributed by atoms with Crippen molar-refractivity contribution < 1.29 is 14.3 Å². The molecule has 1 aliphatic rings. The average Bonchev–Trinajstić information content (AvgIpc) is 2.51. The molecular formula is C17H16N2O3. The molecule has 2 amide bonds. The van der Waals surface area contributed by atoms with Crippen LogP contribution in [0.2, 0.25) is 0 Å². The number of carbonyl (C=O) groups is 2. The Bertz CT molecular complexity index is 738. The van der Waals surface area contributed by atoms with Crippen LogP contribution < -0.4 is 15.0 Å². The molecule has 22 heavy (non-hydrogen) atoms. The number of fused-ring (bicyclic) bond motifs is 1. The molecule has 0 aromatic heterocycles. The van der Waals surface area contributed by atoms with Crippen molar-refractivity contribution >= 4 is 23.2 Å². The van der Waals surface area contributed by atoms with Crippen LogP contribution in [-0.2, 0) is 4.79 Å². The molecule has 2 aromatic carbocycles. The number of aryl methyl sites for hydroxylation is 1. The predicted molar refractivity (Wildman–Crippen MR) is 84.5 cm³/mol. The fraction of sp³-hybridized carbons (Fsp3) is 0.176. The van der Waals surface area contributed by atoms with Gasteiger partial charge in [-0.05, 0) is 31.2 Å². The van der Waals surface area contributed by atoms with Crippen LogP contribution in [0.15, 0.2) is 42.5 Å². The predicted octanol–water partition coefficient (Wildman–Crippen LogP) is 2.60. The lowest BCUT2D eigenvalue weighted by atomic mass is 10.1. The van der Waals surface area contributed by atoms with Gasteiger partial charge in [0.05, 0.1) is 5.69 Å². The average molecular weight is 296 g/mol. The molecule has 0 atom stereocenters. The highest BCUT2D eigenvalue weighted by molar-refractivity contribution is 6.09. The van der Waals surface area contributed by atoms with E-state index in [-0.39, 0.29) is 18.4 Å². The highest BCUT2D eigenvalue weighted by atomic mass is 16.5. The van der Waals surface area contributed by atoms with Crippen molar-refractivity contribution in [3.8, 4) is 5.75 Å². The fourth-order valence-electron chi connectivity index (χ4n) is 2.35. The molecule has 1 aliphatic heterocycles. The summed E-state index contributed by atoms with van der Waals surface area (Å²) in [5.74, 6) is 0.216. The van der Waals surface area contributed by atoms with E-state index in [1.165, 1.54) is 4.90 Å². The van der Waals surface area contributed by atoms with Crippen molar-refractivity contribution in [3.63, 3.8) is 0 Å². The second-order valence-electron chi connectivity index (χ2n) is 5.21. The fourth-order valence-corrected chi connectivity index (χ4v) is 2.35. The van der Waals surface area contributed by atoms with Crippen molar-refractivity contribution in [2.45, 2.75) is 6.92 Å². The van der Waals surface area contributed by atoms with E-state index in [2.05, 4.69) is 5.32 Å². The molecule has 0 spiro atoms. The Morgan fingerprint density at radius 3 is 2.64 bits per heavy atom. The Labute approximate surface area is 128 Å². The van der Waals surface area contributed by atoms with Gasteiger partial charge in [0.15, 0.2) is 6.61 Å². The third-order valence-electron chi connectivity index (χ3n) is 3.62. The molecular weight excluding hydrogens is 280 g/mol. The van der Waals surface area contributed by atoms with Gasteiger partial charge in [-0.15, -0.1) is 0 Å². The number of para-hydroxylation sites is 1. The minimum Gasteiger partial charge on any atom is -0.481 e. The zero-order valence-electron chi connectivity index (χ0n) is 12.4. The molecule has 1 heterocycles. The minimum atomic E-state index is -0.222. The monoisotopic (exact) mass is 296 g/mol. The van der Waals surface area contributed by atoms with E-state index in [0.717, 1.165) is 5.56 Å². The molecule has 0 unspecified atom stereocenters. The van der Waals surface area contributed by atoms with Gasteiger partial charge in [0.2, 0.25) is 0 Å². The van der Waals surface area contributed by atoms with Crippen LogP contribution in [0.5, 0.6) is 5.75 Å². The SMILES string of the molecule is Cc1ccc(C(=O)Nc2cccc3c2N(C)C(=O)CO3)cc1. The molecule has 0 aliphatic carbocycles. The van der Waals surface area contributed by atoms with E-state index in [0.29, 0.717) is 22.7 Å². The standard InChI is InChI=1S/C17H16N2O3/c1-11-6-8-12(9-7-11)17(21)18-13-4-3-5-14-16(13)19(2)15(20)10-22-14/h3-9H,10H2,1-2H3,(H,18,21). The zero-order chi connectivity index (χ0) is 15.7. The van der Waals surface area contributed by atoms with Gasteiger partial charge in [0, 0.05) is 12.6 Å². The maximum atomic E-state index is 12.3. The minimum absolute atomic E-state index is 0.0128. The summed E-state index contributed by atoms with van der Waals surface area (Å²) in [6, 6.07) is 12.6. The van der Waals surface area contributed by atoms with Gasteiger partial charge >= 0.3 is 0 Å². The molecule has 3 rings (SSSR count). The number of ether oxygens (including phenoxy) is 1. The first kappa shape index (κ1) is 14.1. The number of amides is 2. The zero-order valence-corrected chi connectivity index (χ0v) is 12.4. The lowest BCUT2D eigenvalue weighted by Crippen LogP contribution is -2.36. The Morgan fingerprint density at radius 2 is 1.91 bits per heavy atom. The van der Waals surface area contributed by atoms with E-state index in [4.69, 9.17) is 4.74 Å². The number of likely N-dealkylation sites (N-methyl/N-ethyl adjacent to an activating group) is 1. The number of hydrogen-bond donors (Lipinski definition) is 1. The maximum absolute atomic E-state index is 12.3. The first-order chi connectivity index (χ1) is 10.6. The summed E-state index contributed by atoms with van der Waals surface area (Å²) < 4.78 is 5.41. The Morgan fingerprint density at radius 1 is 1.18 bits per heavy atom. The molecule has 0 bridgehead atoms. The summed E-state index contributed by atoms with van der Waals surface area (Å²) in [5, 5.41) is 2.84. The van der Waals surface area contributed by atoms with Crippen LogP contribution >= 0.6 is 0 Å². The smallest absolute Gasteiger partial charge is 0.264 e. The highest BCUT2D eigenvalue weighted by Crippen LogP contribution is 2.38. The quantitative estimate of drug-likeness (QED) is 0.926. The molecule has 2 aromatic rings. The first-order valence-corrected chi connectivity index (χ1v) is 6.96. The number of hydrogen-bond acceptors (Lipinski definition) is 3. The van der Waals surface area contributed by atoms with Crippen LogP contribution in [0, 0.1) is 6.92 Å². The number of anilines is 2. The largest absolute Gasteiger partial charge is 0.481 e. The van der Waals surface area contributed by atoms with Gasteiger partial charge < -0.3 is 15.0 Å². The van der Waals surface area contributed by atoms with Crippen LogP contribution in [0.3, 0.4) is 0 Å². The summed E-state index contributed by atoms with van der Waals surface area (Å²) in [5.41, 5.74) is 2.79. The molecule has 0 fully saturated rings. The molecule has 0 saturated carbocycles. The highest BCUT2D eigenvalue weighted by Gasteiger charge is 2.25. The van der Waals surface area contributed by atoms with E-state index in [1.807, 2.05) is 19.1 Å². The molecule has 5 heteroatoms. The van der Waals surface area contributed by atoms with Gasteiger partial charge in [-0.1, -0.05) is 23.8 Å². The summed E-state index contributed by atoms with van der Waals surface area (Å²) in [7, 11) is 1.67. The van der Waals surface area contributed by atoms with E-state index < -0.39 is 0 Å². The lowest BCUT2D eigenvalue weighted by Gasteiger charge is -2.28. The van der Waals surface area contributed by atoms with Crippen molar-refractivity contribution in [1.82, 2.24) is 0 Å². The summed E-state index contributed by atoms with van der Waals surface area (Å²) in [4.78, 5) is 25.6. The van der Waals surface area contributed by atoms with Crippen LogP contribution in [0.25, 0.3) is 0 Å². The lowest BCUT2D eigenvalue weighted by molar-refractivity contribution is -0.120. The van der Waals surface area contributed by atoms with Crippen molar-refractivity contribution in [1.29, 1.82) is 0 Å². The second kappa shape index (κ2) is 5.52. The maximum Gasteiger partial charge on any atom is 0.264 e. The number of nitrogens with zero attached hydrogens (tertiary/aromatic N) is 1. The van der Waals surface area contributed by atoms with Crippen LogP contribution in [-0.4, -0.2) is 25.5 Å². The molecule has 0 radical (unpaired) electrons. The third kappa shape index (κ3) is 2.53. The van der Waals surface area contributed by atoms with Crippen LogP contribution in [0.4, 0.5) is 11.4 Å². The molecule has 5 nitrogen and oxygen atoms in total. The molecule has 1 N–H and O–H groups in total. The summed E-state index contributed by atoms with van der Waals surface area (Å²) in [6.07, 6.45) is 0. The Hall–Kier alpha value is -2.82. The normalized spacial score (nSPS) is 13.4. The van der Waals surface area contributed by atoms with Gasteiger partial charge in [-0.2, -0.15) is 0 Å². The van der Waals surface area contributed by atoms with Crippen molar-refractivity contribution in [2.24, 2.45) is 0 Å². The molecule has 0 saturated heterocycles. The second-order valence-corrected chi connectivity index (χ2v) is 5.21. The number of nitrogens with one attached hydrogen (secondary N) is 1. The summed E-state index contributed by atoms with van der Waals surface area (Å²) in [6.45, 7) is 1.98. The number of benzene rings is 2. The van der Waals surface area contributed by atoms with E-state index >= 15 is 0 Å². The van der Waals surface area contributed by atoms with E-state index in [9.17, 15) is 9.59 Å². The van der Waals surface area contributed by atoms with Crippen LogP contribution in [0.1, 0.15) is 15.9 Å².